The Bertz CT molecular complexity index is 868. The van der Waals surface area contributed by atoms with E-state index in [0.29, 0.717) is 18.1 Å². The van der Waals surface area contributed by atoms with Crippen molar-refractivity contribution in [3.63, 3.8) is 0 Å². The molecule has 0 bridgehead atoms. The Kier molecular flexibility index (Phi) is 4.78. The van der Waals surface area contributed by atoms with Crippen molar-refractivity contribution in [2.45, 2.75) is 40.4 Å². The number of aromatic nitrogens is 4. The summed E-state index contributed by atoms with van der Waals surface area (Å²) in [6, 6.07) is 5.76. The minimum absolute atomic E-state index is 0.0845. The monoisotopic (exact) mass is 347 g/mol. The van der Waals surface area contributed by atoms with Gasteiger partial charge >= 0.3 is 0 Å². The fourth-order valence-electron chi connectivity index (χ4n) is 3.03. The standard InChI is InChI=1S/C17H22ClN5O/c1-4-22-16-6-5-13(18)9-15(16)20-17(22)19-10-14-11(2)21-23(7-8-24)12(14)3/h5-6,9,24H,4,7-8,10H2,1-3H3,(H,19,20). The van der Waals surface area contributed by atoms with Gasteiger partial charge in [-0.15, -0.1) is 0 Å². The van der Waals surface area contributed by atoms with Crippen molar-refractivity contribution in [1.29, 1.82) is 0 Å². The van der Waals surface area contributed by atoms with Gasteiger partial charge in [-0.1, -0.05) is 11.6 Å². The summed E-state index contributed by atoms with van der Waals surface area (Å²) >= 11 is 6.07. The number of benzene rings is 1. The van der Waals surface area contributed by atoms with E-state index in [-0.39, 0.29) is 6.61 Å². The highest BCUT2D eigenvalue weighted by atomic mass is 35.5. The second-order valence-corrected chi connectivity index (χ2v) is 6.20. The van der Waals surface area contributed by atoms with Crippen LogP contribution in [0.2, 0.25) is 5.02 Å². The number of fused-ring (bicyclic) bond motifs is 1. The van der Waals surface area contributed by atoms with Gasteiger partial charge in [0.05, 0.1) is 29.9 Å². The summed E-state index contributed by atoms with van der Waals surface area (Å²) in [6.07, 6.45) is 0. The van der Waals surface area contributed by atoms with Crippen LogP contribution in [-0.4, -0.2) is 31.0 Å². The van der Waals surface area contributed by atoms with E-state index in [4.69, 9.17) is 16.7 Å². The average Bonchev–Trinajstić information content (AvgIpc) is 3.02. The second kappa shape index (κ2) is 6.83. The van der Waals surface area contributed by atoms with Gasteiger partial charge in [0, 0.05) is 29.4 Å². The first-order valence-corrected chi connectivity index (χ1v) is 8.46. The molecule has 0 unspecified atom stereocenters. The highest BCUT2D eigenvalue weighted by Crippen LogP contribution is 2.24. The van der Waals surface area contributed by atoms with Crippen molar-refractivity contribution in [3.8, 4) is 0 Å². The van der Waals surface area contributed by atoms with Crippen molar-refractivity contribution in [2.75, 3.05) is 11.9 Å². The molecule has 0 aliphatic rings. The summed E-state index contributed by atoms with van der Waals surface area (Å²) in [5.74, 6) is 0.823. The molecule has 0 saturated carbocycles. The van der Waals surface area contributed by atoms with Gasteiger partial charge in [-0.05, 0) is 39.0 Å². The molecular weight excluding hydrogens is 326 g/mol. The van der Waals surface area contributed by atoms with E-state index >= 15 is 0 Å². The molecule has 0 aliphatic heterocycles. The molecule has 2 heterocycles. The maximum atomic E-state index is 9.12. The number of halogens is 1. The minimum Gasteiger partial charge on any atom is -0.394 e. The number of nitrogens with zero attached hydrogens (tertiary/aromatic N) is 4. The summed E-state index contributed by atoms with van der Waals surface area (Å²) in [5, 5.41) is 17.7. The lowest BCUT2D eigenvalue weighted by Gasteiger charge is -2.09. The van der Waals surface area contributed by atoms with Gasteiger partial charge in [0.15, 0.2) is 0 Å². The minimum atomic E-state index is 0.0845. The van der Waals surface area contributed by atoms with Crippen molar-refractivity contribution >= 4 is 28.6 Å². The zero-order valence-electron chi connectivity index (χ0n) is 14.2. The van der Waals surface area contributed by atoms with E-state index in [2.05, 4.69) is 26.9 Å². The molecule has 128 valence electrons. The van der Waals surface area contributed by atoms with Crippen LogP contribution in [0.1, 0.15) is 23.9 Å². The van der Waals surface area contributed by atoms with Crippen LogP contribution >= 0.6 is 11.6 Å². The summed E-state index contributed by atoms with van der Waals surface area (Å²) < 4.78 is 3.98. The molecule has 0 atom stereocenters. The van der Waals surface area contributed by atoms with Crippen LogP contribution in [0.4, 0.5) is 5.95 Å². The van der Waals surface area contributed by atoms with E-state index in [9.17, 15) is 0 Å². The summed E-state index contributed by atoms with van der Waals surface area (Å²) in [4.78, 5) is 4.66. The van der Waals surface area contributed by atoms with Gasteiger partial charge in [0.2, 0.25) is 5.95 Å². The zero-order chi connectivity index (χ0) is 17.3. The van der Waals surface area contributed by atoms with Crippen molar-refractivity contribution < 1.29 is 5.11 Å². The summed E-state index contributed by atoms with van der Waals surface area (Å²) in [6.45, 7) is 8.16. The number of aliphatic hydroxyl groups is 1. The third-order valence-corrected chi connectivity index (χ3v) is 4.53. The Morgan fingerprint density at radius 2 is 2.08 bits per heavy atom. The fraction of sp³-hybridized carbons (Fsp3) is 0.412. The molecule has 6 nitrogen and oxygen atoms in total. The molecule has 2 N–H and O–H groups in total. The Balaban J connectivity index is 1.88. The average molecular weight is 348 g/mol. The molecule has 0 aliphatic carbocycles. The van der Waals surface area contributed by atoms with E-state index in [1.807, 2.05) is 36.7 Å². The molecule has 3 aromatic rings. The highest BCUT2D eigenvalue weighted by molar-refractivity contribution is 6.31. The van der Waals surface area contributed by atoms with Gasteiger partial charge in [-0.3, -0.25) is 4.68 Å². The molecule has 0 spiro atoms. The topological polar surface area (TPSA) is 67.9 Å². The maximum absolute atomic E-state index is 9.12. The summed E-state index contributed by atoms with van der Waals surface area (Å²) in [5.41, 5.74) is 5.12. The highest BCUT2D eigenvalue weighted by Gasteiger charge is 2.14. The lowest BCUT2D eigenvalue weighted by atomic mass is 10.2. The van der Waals surface area contributed by atoms with Crippen LogP contribution in [0, 0.1) is 13.8 Å². The molecule has 1 aromatic carbocycles. The second-order valence-electron chi connectivity index (χ2n) is 5.76. The molecule has 0 fully saturated rings. The maximum Gasteiger partial charge on any atom is 0.204 e. The van der Waals surface area contributed by atoms with Gasteiger partial charge in [0.1, 0.15) is 0 Å². The van der Waals surface area contributed by atoms with Crippen LogP contribution in [0.25, 0.3) is 11.0 Å². The SMILES string of the molecule is CCn1c(NCc2c(C)nn(CCO)c2C)nc2cc(Cl)ccc21. The quantitative estimate of drug-likeness (QED) is 0.719. The summed E-state index contributed by atoms with van der Waals surface area (Å²) in [7, 11) is 0. The number of imidazole rings is 1. The first kappa shape index (κ1) is 16.8. The number of aryl methyl sites for hydroxylation is 2. The number of aliphatic hydroxyl groups excluding tert-OH is 1. The van der Waals surface area contributed by atoms with E-state index < -0.39 is 0 Å². The third kappa shape index (κ3) is 2.99. The first-order chi connectivity index (χ1) is 11.5. The molecule has 3 rings (SSSR count). The molecule has 0 amide bonds. The lowest BCUT2D eigenvalue weighted by Crippen LogP contribution is -2.09. The fourth-order valence-corrected chi connectivity index (χ4v) is 3.19. The van der Waals surface area contributed by atoms with Gasteiger partial charge in [-0.2, -0.15) is 5.10 Å². The zero-order valence-corrected chi connectivity index (χ0v) is 14.9. The smallest absolute Gasteiger partial charge is 0.204 e. The van der Waals surface area contributed by atoms with Crippen molar-refractivity contribution in [1.82, 2.24) is 19.3 Å². The number of hydrogen-bond acceptors (Lipinski definition) is 4. The van der Waals surface area contributed by atoms with Gasteiger partial charge in [0.25, 0.3) is 0 Å². The number of hydrogen-bond donors (Lipinski definition) is 2. The first-order valence-electron chi connectivity index (χ1n) is 8.08. The number of rotatable bonds is 6. The predicted molar refractivity (Wildman–Crippen MR) is 96.5 cm³/mol. The van der Waals surface area contributed by atoms with Crippen LogP contribution in [0.5, 0.6) is 0 Å². The van der Waals surface area contributed by atoms with E-state index in [0.717, 1.165) is 40.5 Å². The van der Waals surface area contributed by atoms with Crippen molar-refractivity contribution in [2.24, 2.45) is 0 Å². The van der Waals surface area contributed by atoms with E-state index in [1.165, 1.54) is 0 Å². The third-order valence-electron chi connectivity index (χ3n) is 4.29. The van der Waals surface area contributed by atoms with Crippen LogP contribution in [0.15, 0.2) is 18.2 Å². The Morgan fingerprint density at radius 1 is 1.29 bits per heavy atom. The molecule has 2 aromatic heterocycles. The Labute approximate surface area is 146 Å². The van der Waals surface area contributed by atoms with E-state index in [1.54, 1.807) is 0 Å². The van der Waals surface area contributed by atoms with Gasteiger partial charge in [-0.25, -0.2) is 4.98 Å². The van der Waals surface area contributed by atoms with Crippen LogP contribution in [-0.2, 0) is 19.6 Å². The Morgan fingerprint density at radius 3 is 2.79 bits per heavy atom. The molecule has 0 saturated heterocycles. The lowest BCUT2D eigenvalue weighted by molar-refractivity contribution is 0.268. The van der Waals surface area contributed by atoms with Crippen molar-refractivity contribution in [3.05, 3.63) is 40.2 Å². The van der Waals surface area contributed by atoms with Crippen LogP contribution < -0.4 is 5.32 Å². The molecule has 7 heteroatoms. The van der Waals surface area contributed by atoms with Crippen LogP contribution in [0.3, 0.4) is 0 Å². The predicted octanol–water partition coefficient (Wildman–Crippen LogP) is 3.13. The Hall–Kier alpha value is -2.05. The molecule has 0 radical (unpaired) electrons. The normalized spacial score (nSPS) is 11.4. The number of anilines is 1. The molecular formula is C17H22ClN5O. The largest absolute Gasteiger partial charge is 0.394 e. The van der Waals surface area contributed by atoms with Gasteiger partial charge < -0.3 is 15.0 Å². The molecule has 24 heavy (non-hydrogen) atoms. The number of nitrogens with one attached hydrogen (secondary N) is 1.